The fourth-order valence-corrected chi connectivity index (χ4v) is 5.33. The minimum atomic E-state index is -1.06. The predicted molar refractivity (Wildman–Crippen MR) is 139 cm³/mol. The molecule has 9 nitrogen and oxygen atoms in total. The van der Waals surface area contributed by atoms with Crippen molar-refractivity contribution in [1.29, 1.82) is 0 Å². The van der Waals surface area contributed by atoms with Gasteiger partial charge in [-0.3, -0.25) is 4.79 Å². The molecule has 1 saturated heterocycles. The number of aromatic nitrogens is 4. The number of fused-ring (bicyclic) bond motifs is 1. The molecule has 1 saturated carbocycles. The molecule has 4 N–H and O–H groups in total. The summed E-state index contributed by atoms with van der Waals surface area (Å²) >= 11 is 0. The van der Waals surface area contributed by atoms with Crippen molar-refractivity contribution in [3.8, 4) is 0 Å². The molecule has 38 heavy (non-hydrogen) atoms. The second-order valence-corrected chi connectivity index (χ2v) is 10.4. The lowest BCUT2D eigenvalue weighted by atomic mass is 9.85. The number of carbonyl (C=O) groups is 1. The van der Waals surface area contributed by atoms with Gasteiger partial charge >= 0.3 is 0 Å². The number of hydrogen-bond donors (Lipinski definition) is 4. The molecule has 2 fully saturated rings. The monoisotopic (exact) mass is 530 g/mol. The number of amides is 1. The first kappa shape index (κ1) is 26.2. The van der Waals surface area contributed by atoms with Crippen LogP contribution < -0.4 is 21.3 Å². The summed E-state index contributed by atoms with van der Waals surface area (Å²) < 4.78 is 44.3. The summed E-state index contributed by atoms with van der Waals surface area (Å²) in [6.45, 7) is 5.73. The van der Waals surface area contributed by atoms with E-state index in [-0.39, 0.29) is 35.9 Å². The number of hydrogen-bond acceptors (Lipinski definition) is 7. The number of halogens is 3. The first-order valence-corrected chi connectivity index (χ1v) is 13.2. The summed E-state index contributed by atoms with van der Waals surface area (Å²) in [5.41, 5.74) is 0.471. The molecule has 0 radical (unpaired) electrons. The molecule has 1 amide bonds. The van der Waals surface area contributed by atoms with Crippen LogP contribution in [0, 0.1) is 23.4 Å². The highest BCUT2D eigenvalue weighted by Gasteiger charge is 2.31. The van der Waals surface area contributed by atoms with E-state index in [1.165, 1.54) is 0 Å². The molecule has 0 atom stereocenters. The van der Waals surface area contributed by atoms with Gasteiger partial charge in [0.15, 0.2) is 17.3 Å². The third-order valence-corrected chi connectivity index (χ3v) is 7.23. The number of carbonyl (C=O) groups excluding carboxylic acids is 1. The fraction of sp³-hybridized carbons (Fsp3) is 0.538. The van der Waals surface area contributed by atoms with Gasteiger partial charge in [-0.2, -0.15) is 9.97 Å². The smallest absolute Gasteiger partial charge is 0.225 e. The van der Waals surface area contributed by atoms with E-state index in [2.05, 4.69) is 36.2 Å². The van der Waals surface area contributed by atoms with Gasteiger partial charge in [-0.05, 0) is 65.5 Å². The van der Waals surface area contributed by atoms with Crippen LogP contribution in [0.15, 0.2) is 18.3 Å². The first-order valence-electron chi connectivity index (χ1n) is 13.2. The normalized spacial score (nSPS) is 20.6. The Morgan fingerprint density at radius 1 is 1.03 bits per heavy atom. The van der Waals surface area contributed by atoms with E-state index in [4.69, 9.17) is 0 Å². The summed E-state index contributed by atoms with van der Waals surface area (Å²) in [6, 6.07) is 1.45. The molecule has 2 aromatic heterocycles. The number of piperidine rings is 1. The Morgan fingerprint density at radius 3 is 2.37 bits per heavy atom. The zero-order valence-corrected chi connectivity index (χ0v) is 21.5. The van der Waals surface area contributed by atoms with E-state index in [0.717, 1.165) is 25.9 Å². The van der Waals surface area contributed by atoms with E-state index in [1.807, 2.05) is 18.4 Å². The molecule has 0 unspecified atom stereocenters. The molecule has 1 aromatic carbocycles. The molecular formula is C26H33F3N8O. The van der Waals surface area contributed by atoms with Crippen LogP contribution in [-0.2, 0) is 4.79 Å². The molecule has 3 aromatic rings. The maximum absolute atomic E-state index is 14.5. The molecule has 204 valence electrons. The van der Waals surface area contributed by atoms with Crippen LogP contribution in [0.5, 0.6) is 0 Å². The van der Waals surface area contributed by atoms with Crippen LogP contribution in [-0.4, -0.2) is 50.6 Å². The van der Waals surface area contributed by atoms with Crippen molar-refractivity contribution < 1.29 is 18.0 Å². The molecule has 1 aliphatic carbocycles. The average Bonchev–Trinajstić information content (AvgIpc) is 3.23. The second kappa shape index (κ2) is 11.1. The molecular weight excluding hydrogens is 497 g/mol. The van der Waals surface area contributed by atoms with Crippen LogP contribution in [0.1, 0.15) is 58.4 Å². The van der Waals surface area contributed by atoms with Gasteiger partial charge in [0.1, 0.15) is 17.0 Å². The van der Waals surface area contributed by atoms with Gasteiger partial charge in [0, 0.05) is 36.2 Å². The van der Waals surface area contributed by atoms with Gasteiger partial charge in [-0.1, -0.05) is 0 Å². The summed E-state index contributed by atoms with van der Waals surface area (Å²) in [4.78, 5) is 26.3. The van der Waals surface area contributed by atoms with E-state index in [0.29, 0.717) is 54.9 Å². The largest absolute Gasteiger partial charge is 0.353 e. The van der Waals surface area contributed by atoms with E-state index in [9.17, 15) is 18.0 Å². The highest BCUT2D eigenvalue weighted by molar-refractivity contribution is 5.79. The Hall–Kier alpha value is -3.41. The highest BCUT2D eigenvalue weighted by Crippen LogP contribution is 2.38. The topological polar surface area (TPSA) is 109 Å². The van der Waals surface area contributed by atoms with Crippen molar-refractivity contribution in [2.45, 2.75) is 70.5 Å². The number of imidazole rings is 1. The van der Waals surface area contributed by atoms with Crippen molar-refractivity contribution >= 4 is 34.7 Å². The number of nitrogens with one attached hydrogen (secondary N) is 4. The van der Waals surface area contributed by atoms with Gasteiger partial charge in [-0.15, -0.1) is 0 Å². The minimum Gasteiger partial charge on any atom is -0.353 e. The van der Waals surface area contributed by atoms with Crippen LogP contribution in [0.3, 0.4) is 0 Å². The maximum Gasteiger partial charge on any atom is 0.225 e. The molecule has 2 aliphatic rings. The maximum atomic E-state index is 14.5. The second-order valence-electron chi connectivity index (χ2n) is 10.4. The lowest BCUT2D eigenvalue weighted by Gasteiger charge is -2.32. The Bertz CT molecular complexity index is 1280. The van der Waals surface area contributed by atoms with Crippen molar-refractivity contribution in [2.24, 2.45) is 5.92 Å². The summed E-state index contributed by atoms with van der Waals surface area (Å²) in [5.74, 6) is -2.55. The lowest BCUT2D eigenvalue weighted by Crippen LogP contribution is -2.45. The fourth-order valence-electron chi connectivity index (χ4n) is 5.33. The van der Waals surface area contributed by atoms with Crippen molar-refractivity contribution in [2.75, 3.05) is 23.7 Å². The Kier molecular flexibility index (Phi) is 7.68. The Balaban J connectivity index is 1.40. The van der Waals surface area contributed by atoms with Gasteiger partial charge < -0.3 is 25.8 Å². The van der Waals surface area contributed by atoms with Crippen molar-refractivity contribution in [3.63, 3.8) is 0 Å². The van der Waals surface area contributed by atoms with Crippen molar-refractivity contribution in [3.05, 3.63) is 35.8 Å². The van der Waals surface area contributed by atoms with Gasteiger partial charge in [0.05, 0.1) is 6.20 Å². The summed E-state index contributed by atoms with van der Waals surface area (Å²) in [6.07, 6.45) is 6.19. The van der Waals surface area contributed by atoms with E-state index in [1.54, 1.807) is 6.20 Å². The molecule has 5 rings (SSSR count). The van der Waals surface area contributed by atoms with Gasteiger partial charge in [0.2, 0.25) is 17.8 Å². The van der Waals surface area contributed by atoms with E-state index >= 15 is 0 Å². The van der Waals surface area contributed by atoms with E-state index < -0.39 is 23.1 Å². The summed E-state index contributed by atoms with van der Waals surface area (Å²) in [5, 5.41) is 12.4. The highest BCUT2D eigenvalue weighted by atomic mass is 19.1. The minimum absolute atomic E-state index is 0.0857. The number of rotatable bonds is 7. The predicted octanol–water partition coefficient (Wildman–Crippen LogP) is 4.41. The SMILES string of the molecule is CC(C)Nc1ncc2c(n1)nc(Nc1c(F)cc(F)cc1F)n2[C@H]1CC[C@@H](C(=O)NC2CCNCC2)CC1. The number of anilines is 3. The van der Waals surface area contributed by atoms with Crippen LogP contribution in [0.4, 0.5) is 30.8 Å². The Morgan fingerprint density at radius 2 is 1.71 bits per heavy atom. The zero-order valence-electron chi connectivity index (χ0n) is 21.5. The zero-order chi connectivity index (χ0) is 26.8. The molecule has 0 bridgehead atoms. The first-order chi connectivity index (χ1) is 18.3. The van der Waals surface area contributed by atoms with Crippen LogP contribution in [0.25, 0.3) is 11.2 Å². The van der Waals surface area contributed by atoms with Crippen molar-refractivity contribution in [1.82, 2.24) is 30.2 Å². The van der Waals surface area contributed by atoms with Crippen LogP contribution >= 0.6 is 0 Å². The average molecular weight is 531 g/mol. The Labute approximate surface area is 219 Å². The number of nitrogens with zero attached hydrogens (tertiary/aromatic N) is 4. The molecule has 3 heterocycles. The van der Waals surface area contributed by atoms with Gasteiger partial charge in [0.25, 0.3) is 0 Å². The lowest BCUT2D eigenvalue weighted by molar-refractivity contribution is -0.127. The molecule has 0 spiro atoms. The quantitative estimate of drug-likeness (QED) is 0.358. The molecule has 12 heteroatoms. The molecule has 1 aliphatic heterocycles. The van der Waals surface area contributed by atoms with Gasteiger partial charge in [-0.25, -0.2) is 18.2 Å². The number of benzene rings is 1. The third-order valence-electron chi connectivity index (χ3n) is 7.23. The third kappa shape index (κ3) is 5.69. The standard InChI is InChI=1S/C26H33F3N8O/c1-14(2)32-25-31-13-21-23(35-25)36-26(34-22-19(28)11-16(27)12-20(22)29)37(21)18-5-3-15(4-6-18)24(38)33-17-7-9-30-10-8-17/h11-15,17-18,30H,3-10H2,1-2H3,(H,33,38)(H2,31,32,34,35,36)/t15-,18+. The van der Waals surface area contributed by atoms with Crippen LogP contribution in [0.2, 0.25) is 0 Å². The summed E-state index contributed by atoms with van der Waals surface area (Å²) in [7, 11) is 0.